The van der Waals surface area contributed by atoms with E-state index in [2.05, 4.69) is 23.2 Å². The first-order valence-electron chi connectivity index (χ1n) is 5.45. The quantitative estimate of drug-likeness (QED) is 0.598. The van der Waals surface area contributed by atoms with E-state index in [4.69, 9.17) is 11.6 Å². The van der Waals surface area contributed by atoms with Crippen molar-refractivity contribution in [2.45, 2.75) is 20.4 Å². The molecule has 0 N–H and O–H groups in total. The Morgan fingerprint density at radius 2 is 2.11 bits per heavy atom. The summed E-state index contributed by atoms with van der Waals surface area (Å²) in [6.45, 7) is 4.59. The van der Waals surface area contributed by atoms with Crippen LogP contribution in [0.3, 0.4) is 0 Å². The fourth-order valence-corrected chi connectivity index (χ4v) is 2.28. The topological polar surface area (TPSA) is 34.9 Å². The smallest absolute Gasteiger partial charge is 0.268 e. The number of rotatable bonds is 2. The van der Waals surface area contributed by atoms with Crippen molar-refractivity contribution in [3.05, 3.63) is 60.3 Å². The van der Waals surface area contributed by atoms with Crippen LogP contribution < -0.4 is 5.56 Å². The number of hydrogen-bond donors (Lipinski definition) is 0. The van der Waals surface area contributed by atoms with E-state index in [-0.39, 0.29) is 10.7 Å². The second kappa shape index (κ2) is 5.40. The zero-order valence-corrected chi connectivity index (χ0v) is 13.0. The SMILES string of the molecule is Cc1ccc(C)c(Cn2cnc(Cl)c(I)c2=O)c1. The number of halogens is 2. The Kier molecular flexibility index (Phi) is 4.07. The first-order valence-corrected chi connectivity index (χ1v) is 6.91. The molecule has 0 aliphatic carbocycles. The summed E-state index contributed by atoms with van der Waals surface area (Å²) in [5, 5.41) is 0.262. The van der Waals surface area contributed by atoms with Gasteiger partial charge in [0.1, 0.15) is 8.72 Å². The molecule has 1 aromatic carbocycles. The van der Waals surface area contributed by atoms with Gasteiger partial charge in [-0.05, 0) is 47.6 Å². The highest BCUT2D eigenvalue weighted by atomic mass is 127. The van der Waals surface area contributed by atoms with E-state index in [9.17, 15) is 4.79 Å². The van der Waals surface area contributed by atoms with Crippen molar-refractivity contribution in [1.82, 2.24) is 9.55 Å². The van der Waals surface area contributed by atoms with Gasteiger partial charge in [0.05, 0.1) is 12.9 Å². The van der Waals surface area contributed by atoms with Gasteiger partial charge in [0.15, 0.2) is 0 Å². The minimum atomic E-state index is -0.100. The molecule has 0 bridgehead atoms. The van der Waals surface area contributed by atoms with Crippen LogP contribution in [0.15, 0.2) is 29.3 Å². The fourth-order valence-electron chi connectivity index (χ4n) is 1.71. The molecule has 0 saturated carbocycles. The van der Waals surface area contributed by atoms with E-state index >= 15 is 0 Å². The number of benzene rings is 1. The first-order chi connectivity index (χ1) is 8.49. The molecule has 0 spiro atoms. The van der Waals surface area contributed by atoms with Crippen LogP contribution in [0, 0.1) is 17.4 Å². The Morgan fingerprint density at radius 1 is 1.39 bits per heavy atom. The van der Waals surface area contributed by atoms with Gasteiger partial charge in [-0.3, -0.25) is 9.36 Å². The number of nitrogens with zero attached hydrogens (tertiary/aromatic N) is 2. The summed E-state index contributed by atoms with van der Waals surface area (Å²) in [5.74, 6) is 0. The van der Waals surface area contributed by atoms with E-state index in [1.807, 2.05) is 36.4 Å². The van der Waals surface area contributed by atoms with Crippen molar-refractivity contribution in [1.29, 1.82) is 0 Å². The third-order valence-electron chi connectivity index (χ3n) is 2.79. The maximum atomic E-state index is 12.0. The van der Waals surface area contributed by atoms with Crippen molar-refractivity contribution in [2.24, 2.45) is 0 Å². The number of hydrogen-bond acceptors (Lipinski definition) is 2. The highest BCUT2D eigenvalue weighted by Gasteiger charge is 2.08. The molecule has 0 fully saturated rings. The lowest BCUT2D eigenvalue weighted by atomic mass is 10.1. The van der Waals surface area contributed by atoms with Gasteiger partial charge in [-0.2, -0.15) is 0 Å². The van der Waals surface area contributed by atoms with Gasteiger partial charge < -0.3 is 0 Å². The van der Waals surface area contributed by atoms with Gasteiger partial charge in [0, 0.05) is 0 Å². The average molecular weight is 375 g/mol. The van der Waals surface area contributed by atoms with E-state index in [0.717, 1.165) is 11.1 Å². The van der Waals surface area contributed by atoms with Crippen LogP contribution in [0.2, 0.25) is 5.15 Å². The van der Waals surface area contributed by atoms with Crippen LogP contribution in [0.25, 0.3) is 0 Å². The summed E-state index contributed by atoms with van der Waals surface area (Å²) in [7, 11) is 0. The zero-order chi connectivity index (χ0) is 13.3. The van der Waals surface area contributed by atoms with Gasteiger partial charge in [-0.25, -0.2) is 4.98 Å². The van der Waals surface area contributed by atoms with Gasteiger partial charge >= 0.3 is 0 Å². The molecule has 18 heavy (non-hydrogen) atoms. The minimum Gasteiger partial charge on any atom is -0.294 e. The van der Waals surface area contributed by atoms with Gasteiger partial charge in [0.2, 0.25) is 0 Å². The van der Waals surface area contributed by atoms with Gasteiger partial charge in [-0.15, -0.1) is 0 Å². The summed E-state index contributed by atoms with van der Waals surface area (Å²) in [4.78, 5) is 16.0. The molecule has 0 aliphatic rings. The molecular weight excluding hydrogens is 363 g/mol. The Bertz CT molecular complexity index is 652. The molecule has 2 rings (SSSR count). The normalized spacial score (nSPS) is 10.7. The summed E-state index contributed by atoms with van der Waals surface area (Å²) in [6, 6.07) is 6.21. The molecular formula is C13H12ClIN2O. The average Bonchev–Trinajstić information content (AvgIpc) is 2.34. The van der Waals surface area contributed by atoms with Crippen LogP contribution in [0.4, 0.5) is 0 Å². The molecule has 5 heteroatoms. The lowest BCUT2D eigenvalue weighted by molar-refractivity contribution is 0.726. The summed E-state index contributed by atoms with van der Waals surface area (Å²) in [6.07, 6.45) is 1.49. The predicted octanol–water partition coefficient (Wildman–Crippen LogP) is 3.17. The number of aromatic nitrogens is 2. The highest BCUT2D eigenvalue weighted by Crippen LogP contribution is 2.13. The Morgan fingerprint density at radius 3 is 2.83 bits per heavy atom. The van der Waals surface area contributed by atoms with Crippen LogP contribution in [0.5, 0.6) is 0 Å². The molecule has 1 heterocycles. The molecule has 0 amide bonds. The predicted molar refractivity (Wildman–Crippen MR) is 81.2 cm³/mol. The van der Waals surface area contributed by atoms with Crippen LogP contribution in [0.1, 0.15) is 16.7 Å². The largest absolute Gasteiger partial charge is 0.294 e. The fraction of sp³-hybridized carbons (Fsp3) is 0.231. The Hall–Kier alpha value is -0.880. The molecule has 0 saturated heterocycles. The van der Waals surface area contributed by atoms with Crippen LogP contribution >= 0.6 is 34.2 Å². The maximum Gasteiger partial charge on any atom is 0.268 e. The zero-order valence-electron chi connectivity index (χ0n) is 10.1. The van der Waals surface area contributed by atoms with Crippen molar-refractivity contribution in [3.8, 4) is 0 Å². The van der Waals surface area contributed by atoms with Gasteiger partial charge in [-0.1, -0.05) is 35.4 Å². The second-order valence-electron chi connectivity index (χ2n) is 4.21. The van der Waals surface area contributed by atoms with Crippen molar-refractivity contribution >= 4 is 34.2 Å². The van der Waals surface area contributed by atoms with Crippen LogP contribution in [-0.4, -0.2) is 9.55 Å². The van der Waals surface area contributed by atoms with Crippen LogP contribution in [-0.2, 0) is 6.54 Å². The lowest BCUT2D eigenvalue weighted by Gasteiger charge is -2.10. The number of aryl methyl sites for hydroxylation is 2. The first kappa shape index (κ1) is 13.5. The molecule has 0 aliphatic heterocycles. The summed E-state index contributed by atoms with van der Waals surface area (Å²) in [5.41, 5.74) is 3.37. The van der Waals surface area contributed by atoms with Gasteiger partial charge in [0.25, 0.3) is 5.56 Å². The van der Waals surface area contributed by atoms with E-state index in [0.29, 0.717) is 10.1 Å². The molecule has 3 nitrogen and oxygen atoms in total. The Labute approximate surface area is 124 Å². The molecule has 0 radical (unpaired) electrons. The monoisotopic (exact) mass is 374 g/mol. The van der Waals surface area contributed by atoms with E-state index in [1.165, 1.54) is 11.9 Å². The van der Waals surface area contributed by atoms with Crippen molar-refractivity contribution in [2.75, 3.05) is 0 Å². The van der Waals surface area contributed by atoms with Crippen molar-refractivity contribution in [3.63, 3.8) is 0 Å². The molecule has 0 atom stereocenters. The van der Waals surface area contributed by atoms with E-state index < -0.39 is 0 Å². The molecule has 0 unspecified atom stereocenters. The third-order valence-corrected chi connectivity index (χ3v) is 4.36. The highest BCUT2D eigenvalue weighted by molar-refractivity contribution is 14.1. The van der Waals surface area contributed by atoms with Crippen molar-refractivity contribution < 1.29 is 0 Å². The Balaban J connectivity index is 2.44. The molecule has 94 valence electrons. The second-order valence-corrected chi connectivity index (χ2v) is 5.65. The third kappa shape index (κ3) is 2.75. The molecule has 2 aromatic rings. The maximum absolute atomic E-state index is 12.0. The standard InChI is InChI=1S/C13H12ClIN2O/c1-8-3-4-9(2)10(5-8)6-17-7-16-12(14)11(15)13(17)18/h3-5,7H,6H2,1-2H3. The summed E-state index contributed by atoms with van der Waals surface area (Å²) < 4.78 is 2.04. The lowest BCUT2D eigenvalue weighted by Crippen LogP contribution is -2.24. The minimum absolute atomic E-state index is 0.100. The molecule has 1 aromatic heterocycles. The van der Waals surface area contributed by atoms with E-state index in [1.54, 1.807) is 4.57 Å². The summed E-state index contributed by atoms with van der Waals surface area (Å²) >= 11 is 7.74.